The van der Waals surface area contributed by atoms with Crippen molar-refractivity contribution in [2.24, 2.45) is 0 Å². The molecule has 0 aliphatic rings. The van der Waals surface area contributed by atoms with E-state index in [-0.39, 0.29) is 11.9 Å². The van der Waals surface area contributed by atoms with E-state index in [0.717, 1.165) is 38.5 Å². The molecule has 0 heterocycles. The van der Waals surface area contributed by atoms with Crippen LogP contribution in [0.25, 0.3) is 0 Å². The Morgan fingerprint density at radius 2 is 1.57 bits per heavy atom. The van der Waals surface area contributed by atoms with Gasteiger partial charge in [0.1, 0.15) is 0 Å². The van der Waals surface area contributed by atoms with Crippen LogP contribution >= 0.6 is 12.1 Å². The number of rotatable bonds is 14. The first-order valence-corrected chi connectivity index (χ1v) is 8.57. The SMILES string of the molecule is CCCCCCCCC(=O)NCCCCCC(=O)OB=S. The normalized spacial score (nSPS) is 9.95. The fourth-order valence-corrected chi connectivity index (χ4v) is 2.17. The van der Waals surface area contributed by atoms with Gasteiger partial charge in [0.15, 0.2) is 0 Å². The van der Waals surface area contributed by atoms with E-state index in [9.17, 15) is 9.59 Å². The monoisotopic (exact) mass is 313 g/mol. The zero-order valence-electron chi connectivity index (χ0n) is 13.2. The molecule has 0 bridgehead atoms. The van der Waals surface area contributed by atoms with Gasteiger partial charge in [-0.05, 0) is 0 Å². The Balaban J connectivity index is 3.26. The van der Waals surface area contributed by atoms with Crippen LogP contribution in [0.15, 0.2) is 0 Å². The Morgan fingerprint density at radius 3 is 2.29 bits per heavy atom. The summed E-state index contributed by atoms with van der Waals surface area (Å²) in [5.74, 6) is -0.136. The molecule has 120 valence electrons. The van der Waals surface area contributed by atoms with Crippen LogP contribution in [0.3, 0.4) is 0 Å². The molecule has 0 saturated heterocycles. The zero-order valence-corrected chi connectivity index (χ0v) is 14.0. The van der Waals surface area contributed by atoms with E-state index in [2.05, 4.69) is 29.0 Å². The van der Waals surface area contributed by atoms with Crippen LogP contribution in [0.2, 0.25) is 0 Å². The first-order chi connectivity index (χ1) is 10.2. The second-order valence-corrected chi connectivity index (χ2v) is 5.46. The van der Waals surface area contributed by atoms with Crippen molar-refractivity contribution >= 4 is 30.3 Å². The number of carbonyl (C=O) groups excluding carboxylic acids is 2. The van der Waals surface area contributed by atoms with Crippen molar-refractivity contribution in [3.8, 4) is 0 Å². The predicted molar refractivity (Wildman–Crippen MR) is 88.9 cm³/mol. The molecule has 1 N–H and O–H groups in total. The molecule has 6 heteroatoms. The first kappa shape index (κ1) is 20.2. The molecular formula is C15H28BNO3S. The molecular weight excluding hydrogens is 285 g/mol. The van der Waals surface area contributed by atoms with E-state index < -0.39 is 0 Å². The Kier molecular flexibility index (Phi) is 15.0. The summed E-state index contributed by atoms with van der Waals surface area (Å²) in [6, 6.07) is 0. The molecule has 0 rings (SSSR count). The maximum absolute atomic E-state index is 11.6. The molecule has 0 saturated carbocycles. The summed E-state index contributed by atoms with van der Waals surface area (Å²) in [5.41, 5.74) is 0. The fraction of sp³-hybridized carbons (Fsp3) is 0.867. The molecule has 0 aromatic heterocycles. The Labute approximate surface area is 134 Å². The van der Waals surface area contributed by atoms with Crippen molar-refractivity contribution < 1.29 is 14.2 Å². The molecule has 0 spiro atoms. The average molecular weight is 313 g/mol. The van der Waals surface area contributed by atoms with Gasteiger partial charge in [-0.25, -0.2) is 0 Å². The molecule has 0 aromatic rings. The summed E-state index contributed by atoms with van der Waals surface area (Å²) in [4.78, 5) is 22.6. The van der Waals surface area contributed by atoms with Crippen LogP contribution in [-0.2, 0) is 14.2 Å². The molecule has 0 atom stereocenters. The van der Waals surface area contributed by atoms with Gasteiger partial charge in [0.05, 0.1) is 0 Å². The van der Waals surface area contributed by atoms with E-state index in [1.807, 2.05) is 0 Å². The Hall–Kier alpha value is -0.775. The van der Waals surface area contributed by atoms with Gasteiger partial charge in [-0.2, -0.15) is 0 Å². The third-order valence-corrected chi connectivity index (χ3v) is 3.41. The second-order valence-electron chi connectivity index (χ2n) is 5.26. The molecule has 0 aromatic carbocycles. The van der Waals surface area contributed by atoms with Crippen molar-refractivity contribution in [2.75, 3.05) is 6.54 Å². The van der Waals surface area contributed by atoms with Gasteiger partial charge < -0.3 is 0 Å². The minimum atomic E-state index is -0.280. The van der Waals surface area contributed by atoms with Gasteiger partial charge in [0.25, 0.3) is 0 Å². The summed E-state index contributed by atoms with van der Waals surface area (Å²) in [6.07, 6.45) is 11.8. The third kappa shape index (κ3) is 15.4. The van der Waals surface area contributed by atoms with E-state index in [1.54, 1.807) is 0 Å². The molecule has 0 fully saturated rings. The van der Waals surface area contributed by atoms with Gasteiger partial charge in [-0.3, -0.25) is 0 Å². The Bertz CT molecular complexity index is 301. The second kappa shape index (κ2) is 15.6. The molecule has 0 unspecified atom stereocenters. The molecule has 0 radical (unpaired) electrons. The van der Waals surface area contributed by atoms with Crippen molar-refractivity contribution in [3.05, 3.63) is 0 Å². The van der Waals surface area contributed by atoms with Gasteiger partial charge in [0.2, 0.25) is 0 Å². The van der Waals surface area contributed by atoms with E-state index >= 15 is 0 Å². The van der Waals surface area contributed by atoms with Crippen LogP contribution in [-0.4, -0.2) is 24.8 Å². The number of nitrogens with one attached hydrogen (secondary N) is 1. The van der Waals surface area contributed by atoms with Crippen LogP contribution in [0, 0.1) is 0 Å². The van der Waals surface area contributed by atoms with Crippen molar-refractivity contribution in [3.63, 3.8) is 0 Å². The summed E-state index contributed by atoms with van der Waals surface area (Å²) in [5, 5.41) is 2.92. The van der Waals surface area contributed by atoms with Crippen molar-refractivity contribution in [1.29, 1.82) is 0 Å². The average Bonchev–Trinajstić information content (AvgIpc) is 2.46. The van der Waals surface area contributed by atoms with Crippen molar-refractivity contribution in [1.82, 2.24) is 5.32 Å². The number of hydrogen-bond donors (Lipinski definition) is 1. The number of amides is 1. The van der Waals surface area contributed by atoms with Crippen LogP contribution in [0.4, 0.5) is 0 Å². The summed E-state index contributed by atoms with van der Waals surface area (Å²) >= 11 is 4.43. The molecule has 4 nitrogen and oxygen atoms in total. The predicted octanol–water partition coefficient (Wildman–Crippen LogP) is 3.69. The van der Waals surface area contributed by atoms with Crippen LogP contribution < -0.4 is 5.32 Å². The van der Waals surface area contributed by atoms with Gasteiger partial charge in [-0.1, -0.05) is 32.6 Å². The number of unbranched alkanes of at least 4 members (excludes halogenated alkanes) is 7. The molecule has 0 aliphatic carbocycles. The Morgan fingerprint density at radius 1 is 0.952 bits per heavy atom. The summed E-state index contributed by atoms with van der Waals surface area (Å²) < 4.78 is 4.55. The molecule has 0 aliphatic heterocycles. The topological polar surface area (TPSA) is 55.4 Å². The maximum atomic E-state index is 11.6. The minimum absolute atomic E-state index is 0.144. The van der Waals surface area contributed by atoms with Gasteiger partial charge in [0, 0.05) is 0 Å². The van der Waals surface area contributed by atoms with Gasteiger partial charge in [-0.15, -0.1) is 0 Å². The van der Waals surface area contributed by atoms with Crippen LogP contribution in [0.5, 0.6) is 0 Å². The first-order valence-electron chi connectivity index (χ1n) is 8.10. The standard InChI is InChI=1S/C15H28BNO3S/c1-2-3-4-5-6-8-11-14(18)17-13-10-7-9-12-15(19)20-16-21/h2-13H2,1H3,(H,17,18). The van der Waals surface area contributed by atoms with E-state index in [4.69, 9.17) is 0 Å². The van der Waals surface area contributed by atoms with E-state index in [1.165, 1.54) is 25.7 Å². The van der Waals surface area contributed by atoms with Gasteiger partial charge >= 0.3 is 101 Å². The summed E-state index contributed by atoms with van der Waals surface area (Å²) in [7, 11) is 0. The van der Waals surface area contributed by atoms with Crippen molar-refractivity contribution in [2.45, 2.75) is 77.6 Å². The number of carbonyl (C=O) groups is 2. The molecule has 21 heavy (non-hydrogen) atoms. The third-order valence-electron chi connectivity index (χ3n) is 3.32. The van der Waals surface area contributed by atoms with E-state index in [0.29, 0.717) is 19.4 Å². The quantitative estimate of drug-likeness (QED) is 0.392. The summed E-state index contributed by atoms with van der Waals surface area (Å²) in [6.45, 7) is 2.89. The molecule has 1 amide bonds. The zero-order chi connectivity index (χ0) is 15.8. The van der Waals surface area contributed by atoms with Crippen LogP contribution in [0.1, 0.15) is 77.6 Å². The fourth-order valence-electron chi connectivity index (χ4n) is 2.07. The number of hydrogen-bond acceptors (Lipinski definition) is 4.